The molecule has 8 heteroatoms. The molecule has 0 aliphatic carbocycles. The van der Waals surface area contributed by atoms with Crippen molar-refractivity contribution in [2.24, 2.45) is 0 Å². The van der Waals surface area contributed by atoms with Gasteiger partial charge in [0.15, 0.2) is 11.5 Å². The molecule has 0 N–H and O–H groups in total. The van der Waals surface area contributed by atoms with Gasteiger partial charge in [-0.25, -0.2) is 4.79 Å². The van der Waals surface area contributed by atoms with E-state index in [1.54, 1.807) is 40.0 Å². The van der Waals surface area contributed by atoms with Gasteiger partial charge >= 0.3 is 5.97 Å². The fourth-order valence-electron chi connectivity index (χ4n) is 4.56. The standard InChI is InChI=1S/C29H36N2O6/c1-7-37-29(34)28-20(3)31(26(32)17-23(28)22-10-8-9-19(2)15-22)18-27(33)30(4)14-13-21-11-12-24(35-5)25(16-21)36-6/h8-12,15-16,23H,7,13-14,17-18H2,1-6H3. The summed E-state index contributed by atoms with van der Waals surface area (Å²) in [5, 5.41) is 0. The van der Waals surface area contributed by atoms with Crippen LogP contribution in [0.15, 0.2) is 53.7 Å². The van der Waals surface area contributed by atoms with Crippen molar-refractivity contribution in [2.75, 3.05) is 41.0 Å². The first kappa shape index (κ1) is 27.8. The van der Waals surface area contributed by atoms with Gasteiger partial charge in [0, 0.05) is 31.6 Å². The fraction of sp³-hybridized carbons (Fsp3) is 0.414. The third-order valence-electron chi connectivity index (χ3n) is 6.67. The zero-order valence-electron chi connectivity index (χ0n) is 22.5. The van der Waals surface area contributed by atoms with Crippen molar-refractivity contribution in [1.82, 2.24) is 9.80 Å². The van der Waals surface area contributed by atoms with E-state index in [0.717, 1.165) is 16.7 Å². The molecule has 8 nitrogen and oxygen atoms in total. The molecule has 2 amide bonds. The van der Waals surface area contributed by atoms with Crippen LogP contribution in [0.2, 0.25) is 0 Å². The summed E-state index contributed by atoms with van der Waals surface area (Å²) in [7, 11) is 4.87. The summed E-state index contributed by atoms with van der Waals surface area (Å²) >= 11 is 0. The zero-order valence-corrected chi connectivity index (χ0v) is 22.5. The molecule has 0 saturated heterocycles. The second-order valence-electron chi connectivity index (χ2n) is 9.12. The Morgan fingerprint density at radius 1 is 1.05 bits per heavy atom. The van der Waals surface area contributed by atoms with Gasteiger partial charge in [0.25, 0.3) is 0 Å². The van der Waals surface area contributed by atoms with Crippen LogP contribution in [0, 0.1) is 6.92 Å². The van der Waals surface area contributed by atoms with Crippen molar-refractivity contribution in [3.63, 3.8) is 0 Å². The predicted octanol–water partition coefficient (Wildman–Crippen LogP) is 3.87. The summed E-state index contributed by atoms with van der Waals surface area (Å²) in [6.07, 6.45) is 0.701. The van der Waals surface area contributed by atoms with Crippen molar-refractivity contribution >= 4 is 17.8 Å². The lowest BCUT2D eigenvalue weighted by Crippen LogP contribution is -2.45. The van der Waals surface area contributed by atoms with Crippen molar-refractivity contribution < 1.29 is 28.6 Å². The summed E-state index contributed by atoms with van der Waals surface area (Å²) in [4.78, 5) is 42.3. The van der Waals surface area contributed by atoms with Gasteiger partial charge in [0.05, 0.1) is 26.4 Å². The van der Waals surface area contributed by atoms with Crippen LogP contribution in [0.3, 0.4) is 0 Å². The number of esters is 1. The molecule has 0 spiro atoms. The Morgan fingerprint density at radius 3 is 2.43 bits per heavy atom. The van der Waals surface area contributed by atoms with E-state index in [1.165, 1.54) is 4.90 Å². The largest absolute Gasteiger partial charge is 0.493 e. The van der Waals surface area contributed by atoms with Gasteiger partial charge in [-0.2, -0.15) is 0 Å². The van der Waals surface area contributed by atoms with Crippen LogP contribution in [0.1, 0.15) is 42.9 Å². The zero-order chi connectivity index (χ0) is 27.1. The minimum Gasteiger partial charge on any atom is -0.493 e. The summed E-state index contributed by atoms with van der Waals surface area (Å²) < 4.78 is 16.0. The van der Waals surface area contributed by atoms with Crippen molar-refractivity contribution in [2.45, 2.75) is 39.5 Å². The number of carbonyl (C=O) groups excluding carboxylic acids is 3. The molecule has 0 saturated carbocycles. The highest BCUT2D eigenvalue weighted by Gasteiger charge is 2.37. The molecule has 1 heterocycles. The van der Waals surface area contributed by atoms with E-state index in [-0.39, 0.29) is 31.4 Å². The minimum atomic E-state index is -0.460. The molecule has 2 aromatic rings. The summed E-state index contributed by atoms with van der Waals surface area (Å²) in [6, 6.07) is 13.4. The number of methoxy groups -OCH3 is 2. The van der Waals surface area contributed by atoms with Gasteiger partial charge < -0.3 is 24.0 Å². The Bertz CT molecular complexity index is 1190. The number of benzene rings is 2. The Labute approximate surface area is 218 Å². The molecule has 1 aliphatic heterocycles. The number of likely N-dealkylation sites (N-methyl/N-ethyl adjacent to an activating group) is 1. The third-order valence-corrected chi connectivity index (χ3v) is 6.67. The van der Waals surface area contributed by atoms with Gasteiger partial charge in [0.2, 0.25) is 11.8 Å². The maximum Gasteiger partial charge on any atom is 0.336 e. The van der Waals surface area contributed by atoms with E-state index in [1.807, 2.05) is 49.4 Å². The average Bonchev–Trinajstić information content (AvgIpc) is 2.88. The molecular formula is C29H36N2O6. The maximum absolute atomic E-state index is 13.2. The Kier molecular flexibility index (Phi) is 9.33. The normalized spacial score (nSPS) is 15.5. The fourth-order valence-corrected chi connectivity index (χ4v) is 4.56. The molecule has 0 aromatic heterocycles. The van der Waals surface area contributed by atoms with Gasteiger partial charge in [-0.15, -0.1) is 0 Å². The molecule has 0 radical (unpaired) electrons. The molecule has 1 atom stereocenters. The number of amides is 2. The SMILES string of the molecule is CCOC(=O)C1=C(C)N(CC(=O)N(C)CCc2ccc(OC)c(OC)c2)C(=O)CC1c1cccc(C)c1. The maximum atomic E-state index is 13.2. The first-order chi connectivity index (χ1) is 17.7. The number of rotatable bonds is 10. The number of ether oxygens (including phenoxy) is 3. The lowest BCUT2D eigenvalue weighted by Gasteiger charge is -2.35. The second kappa shape index (κ2) is 12.4. The van der Waals surface area contributed by atoms with Crippen LogP contribution in [0.5, 0.6) is 11.5 Å². The number of nitrogens with zero attached hydrogens (tertiary/aromatic N) is 2. The lowest BCUT2D eigenvalue weighted by molar-refractivity contribution is -0.142. The quantitative estimate of drug-likeness (QED) is 0.453. The van der Waals surface area contributed by atoms with Crippen molar-refractivity contribution in [3.05, 3.63) is 70.4 Å². The van der Waals surface area contributed by atoms with E-state index in [9.17, 15) is 14.4 Å². The number of carbonyl (C=O) groups is 3. The van der Waals surface area contributed by atoms with Gasteiger partial charge in [0.1, 0.15) is 6.54 Å². The van der Waals surface area contributed by atoms with Gasteiger partial charge in [-0.1, -0.05) is 35.9 Å². The number of hydrogen-bond acceptors (Lipinski definition) is 6. The molecule has 0 fully saturated rings. The summed E-state index contributed by atoms with van der Waals surface area (Å²) in [5.41, 5.74) is 3.80. The molecule has 1 aliphatic rings. The smallest absolute Gasteiger partial charge is 0.336 e. The van der Waals surface area contributed by atoms with Crippen molar-refractivity contribution in [3.8, 4) is 11.5 Å². The highest BCUT2D eigenvalue weighted by atomic mass is 16.5. The third kappa shape index (κ3) is 6.50. The van der Waals surface area contributed by atoms with E-state index < -0.39 is 11.9 Å². The lowest BCUT2D eigenvalue weighted by atomic mass is 9.83. The second-order valence-corrected chi connectivity index (χ2v) is 9.12. The minimum absolute atomic E-state index is 0.0948. The first-order valence-electron chi connectivity index (χ1n) is 12.4. The van der Waals surface area contributed by atoms with Crippen LogP contribution in [0.4, 0.5) is 0 Å². The van der Waals surface area contributed by atoms with E-state index in [4.69, 9.17) is 14.2 Å². The Hall–Kier alpha value is -3.81. The summed E-state index contributed by atoms with van der Waals surface area (Å²) in [6.45, 7) is 5.97. The van der Waals surface area contributed by atoms with Gasteiger partial charge in [-0.3, -0.25) is 9.59 Å². The molecule has 0 bridgehead atoms. The topological polar surface area (TPSA) is 85.4 Å². The van der Waals surface area contributed by atoms with E-state index in [2.05, 4.69) is 0 Å². The van der Waals surface area contributed by atoms with Crippen LogP contribution in [-0.4, -0.2) is 68.5 Å². The Balaban J connectivity index is 1.77. The molecule has 198 valence electrons. The average molecular weight is 509 g/mol. The first-order valence-corrected chi connectivity index (χ1v) is 12.4. The van der Waals surface area contributed by atoms with E-state index >= 15 is 0 Å². The van der Waals surface area contributed by atoms with Crippen molar-refractivity contribution in [1.29, 1.82) is 0 Å². The number of hydrogen-bond donors (Lipinski definition) is 0. The van der Waals surface area contributed by atoms with Crippen LogP contribution < -0.4 is 9.47 Å². The van der Waals surface area contributed by atoms with Gasteiger partial charge in [-0.05, 0) is 50.5 Å². The van der Waals surface area contributed by atoms with E-state index in [0.29, 0.717) is 35.7 Å². The van der Waals surface area contributed by atoms with Crippen LogP contribution in [-0.2, 0) is 25.5 Å². The van der Waals surface area contributed by atoms with Crippen LogP contribution in [0.25, 0.3) is 0 Å². The monoisotopic (exact) mass is 508 g/mol. The van der Waals surface area contributed by atoms with Crippen LogP contribution >= 0.6 is 0 Å². The number of allylic oxidation sites excluding steroid dienone is 1. The molecule has 37 heavy (non-hydrogen) atoms. The molecule has 2 aromatic carbocycles. The molecule has 3 rings (SSSR count). The predicted molar refractivity (Wildman–Crippen MR) is 140 cm³/mol. The number of aryl methyl sites for hydroxylation is 1. The Morgan fingerprint density at radius 2 is 1.78 bits per heavy atom. The highest BCUT2D eigenvalue weighted by Crippen LogP contribution is 2.37. The molecular weight excluding hydrogens is 472 g/mol. The molecule has 1 unspecified atom stereocenters. The summed E-state index contributed by atoms with van der Waals surface area (Å²) in [5.74, 6) is -0.0193. The highest BCUT2D eigenvalue weighted by molar-refractivity contribution is 5.97.